The van der Waals surface area contributed by atoms with Crippen LogP contribution in [-0.2, 0) is 14.3 Å². The molecule has 0 bridgehead atoms. The van der Waals surface area contributed by atoms with E-state index in [-0.39, 0.29) is 6.61 Å². The SMILES string of the molecule is C=C1CCCC1(NC(=O)OCC)C(=O)OC. The molecule has 5 nitrogen and oxygen atoms in total. The summed E-state index contributed by atoms with van der Waals surface area (Å²) in [6.45, 7) is 5.78. The molecule has 0 aromatic rings. The molecule has 0 radical (unpaired) electrons. The zero-order valence-electron chi connectivity index (χ0n) is 9.67. The minimum Gasteiger partial charge on any atom is -0.467 e. The predicted octanol–water partition coefficient (Wildman–Crippen LogP) is 1.38. The lowest BCUT2D eigenvalue weighted by Crippen LogP contribution is -2.54. The van der Waals surface area contributed by atoms with Crippen LogP contribution in [0.2, 0.25) is 0 Å². The van der Waals surface area contributed by atoms with Gasteiger partial charge in [-0.15, -0.1) is 0 Å². The van der Waals surface area contributed by atoms with Gasteiger partial charge in [-0.05, 0) is 31.8 Å². The Kier molecular flexibility index (Phi) is 3.93. The molecule has 1 aliphatic rings. The summed E-state index contributed by atoms with van der Waals surface area (Å²) in [7, 11) is 1.29. The number of nitrogens with one attached hydrogen (secondary N) is 1. The van der Waals surface area contributed by atoms with Gasteiger partial charge >= 0.3 is 12.1 Å². The maximum absolute atomic E-state index is 11.7. The minimum atomic E-state index is -1.10. The first-order valence-electron chi connectivity index (χ1n) is 5.28. The van der Waals surface area contributed by atoms with Crippen molar-refractivity contribution < 1.29 is 19.1 Å². The third kappa shape index (κ3) is 2.18. The molecule has 0 aromatic carbocycles. The molecule has 1 N–H and O–H groups in total. The molecule has 5 heteroatoms. The third-order valence-electron chi connectivity index (χ3n) is 2.76. The highest BCUT2D eigenvalue weighted by atomic mass is 16.6. The molecule has 0 aliphatic heterocycles. The van der Waals surface area contributed by atoms with E-state index >= 15 is 0 Å². The lowest BCUT2D eigenvalue weighted by atomic mass is 9.94. The Bertz CT molecular complexity index is 313. The molecule has 1 saturated carbocycles. The number of hydrogen-bond donors (Lipinski definition) is 1. The fourth-order valence-electron chi connectivity index (χ4n) is 1.92. The van der Waals surface area contributed by atoms with Crippen molar-refractivity contribution in [1.29, 1.82) is 0 Å². The van der Waals surface area contributed by atoms with Gasteiger partial charge in [0, 0.05) is 0 Å². The molecule has 1 aliphatic carbocycles. The molecule has 0 saturated heterocycles. The molecule has 1 rings (SSSR count). The molecule has 90 valence electrons. The van der Waals surface area contributed by atoms with Crippen molar-refractivity contribution >= 4 is 12.1 Å². The zero-order chi connectivity index (χ0) is 12.2. The van der Waals surface area contributed by atoms with Gasteiger partial charge in [0.15, 0.2) is 5.54 Å². The summed E-state index contributed by atoms with van der Waals surface area (Å²) in [4.78, 5) is 23.1. The van der Waals surface area contributed by atoms with E-state index in [0.29, 0.717) is 18.4 Å². The van der Waals surface area contributed by atoms with E-state index in [0.717, 1.165) is 6.42 Å². The zero-order valence-corrected chi connectivity index (χ0v) is 9.67. The van der Waals surface area contributed by atoms with Crippen molar-refractivity contribution in [3.05, 3.63) is 12.2 Å². The fraction of sp³-hybridized carbons (Fsp3) is 0.636. The summed E-state index contributed by atoms with van der Waals surface area (Å²) in [5.74, 6) is -0.483. The van der Waals surface area contributed by atoms with Crippen LogP contribution < -0.4 is 5.32 Å². The second-order valence-electron chi connectivity index (χ2n) is 3.70. The first kappa shape index (κ1) is 12.5. The summed E-state index contributed by atoms with van der Waals surface area (Å²) in [6.07, 6.45) is 1.41. The molecule has 1 atom stereocenters. The molecule has 0 heterocycles. The number of esters is 1. The summed E-state index contributed by atoms with van der Waals surface area (Å²) in [6, 6.07) is 0. The lowest BCUT2D eigenvalue weighted by molar-refractivity contribution is -0.146. The number of amides is 1. The summed E-state index contributed by atoms with van der Waals surface area (Å²) >= 11 is 0. The van der Waals surface area contributed by atoms with Crippen LogP contribution in [0.5, 0.6) is 0 Å². The van der Waals surface area contributed by atoms with Crippen molar-refractivity contribution in [3.63, 3.8) is 0 Å². The van der Waals surface area contributed by atoms with Crippen LogP contribution in [0.4, 0.5) is 4.79 Å². The van der Waals surface area contributed by atoms with Gasteiger partial charge in [0.1, 0.15) is 0 Å². The van der Waals surface area contributed by atoms with Gasteiger partial charge < -0.3 is 14.8 Å². The topological polar surface area (TPSA) is 64.6 Å². The second kappa shape index (κ2) is 5.01. The van der Waals surface area contributed by atoms with Crippen LogP contribution in [0.1, 0.15) is 26.2 Å². The third-order valence-corrected chi connectivity index (χ3v) is 2.76. The maximum Gasteiger partial charge on any atom is 0.408 e. The summed E-state index contributed by atoms with van der Waals surface area (Å²) in [5.41, 5.74) is -0.423. The highest BCUT2D eigenvalue weighted by molar-refractivity contribution is 5.89. The Morgan fingerprint density at radius 2 is 2.25 bits per heavy atom. The molecular weight excluding hydrogens is 210 g/mol. The van der Waals surface area contributed by atoms with E-state index in [1.165, 1.54) is 7.11 Å². The fourth-order valence-corrected chi connectivity index (χ4v) is 1.92. The molecule has 1 amide bonds. The predicted molar refractivity (Wildman–Crippen MR) is 57.9 cm³/mol. The van der Waals surface area contributed by atoms with Gasteiger partial charge in [-0.3, -0.25) is 0 Å². The monoisotopic (exact) mass is 227 g/mol. The van der Waals surface area contributed by atoms with Gasteiger partial charge in [-0.1, -0.05) is 6.58 Å². The first-order valence-corrected chi connectivity index (χ1v) is 5.28. The van der Waals surface area contributed by atoms with E-state index in [9.17, 15) is 9.59 Å². The van der Waals surface area contributed by atoms with Crippen molar-refractivity contribution in [2.45, 2.75) is 31.7 Å². The average Bonchev–Trinajstić information content (AvgIpc) is 2.60. The van der Waals surface area contributed by atoms with Crippen LogP contribution in [0.15, 0.2) is 12.2 Å². The number of hydrogen-bond acceptors (Lipinski definition) is 4. The van der Waals surface area contributed by atoms with Crippen LogP contribution in [0.25, 0.3) is 0 Å². The standard InChI is InChI=1S/C11H17NO4/c1-4-16-10(14)12-11(9(13)15-3)7-5-6-8(11)2/h2,4-7H2,1,3H3,(H,12,14). The molecule has 0 aromatic heterocycles. The van der Waals surface area contributed by atoms with Crippen LogP contribution in [0, 0.1) is 0 Å². The number of carbonyl (C=O) groups is 2. The average molecular weight is 227 g/mol. The Balaban J connectivity index is 2.84. The number of carbonyl (C=O) groups excluding carboxylic acids is 2. The molecule has 1 fully saturated rings. The van der Waals surface area contributed by atoms with E-state index in [2.05, 4.69) is 11.9 Å². The quantitative estimate of drug-likeness (QED) is 0.584. The van der Waals surface area contributed by atoms with Crippen molar-refractivity contribution in [2.24, 2.45) is 0 Å². The largest absolute Gasteiger partial charge is 0.467 e. The van der Waals surface area contributed by atoms with Gasteiger partial charge in [0.25, 0.3) is 0 Å². The Morgan fingerprint density at radius 3 is 2.69 bits per heavy atom. The van der Waals surface area contributed by atoms with Crippen molar-refractivity contribution in [3.8, 4) is 0 Å². The second-order valence-corrected chi connectivity index (χ2v) is 3.70. The summed E-state index contributed by atoms with van der Waals surface area (Å²) in [5, 5.41) is 2.56. The number of alkyl carbamates (subject to hydrolysis) is 1. The van der Waals surface area contributed by atoms with E-state index < -0.39 is 17.6 Å². The van der Waals surface area contributed by atoms with Gasteiger partial charge in [0.2, 0.25) is 0 Å². The van der Waals surface area contributed by atoms with Crippen molar-refractivity contribution in [2.75, 3.05) is 13.7 Å². The maximum atomic E-state index is 11.7. The van der Waals surface area contributed by atoms with Gasteiger partial charge in [0.05, 0.1) is 13.7 Å². The highest BCUT2D eigenvalue weighted by Crippen LogP contribution is 2.35. The van der Waals surface area contributed by atoms with Crippen LogP contribution >= 0.6 is 0 Å². The Morgan fingerprint density at radius 1 is 1.56 bits per heavy atom. The van der Waals surface area contributed by atoms with Crippen LogP contribution in [-0.4, -0.2) is 31.3 Å². The number of ether oxygens (including phenoxy) is 2. The lowest BCUT2D eigenvalue weighted by Gasteiger charge is -2.27. The Hall–Kier alpha value is -1.52. The minimum absolute atomic E-state index is 0.259. The smallest absolute Gasteiger partial charge is 0.408 e. The number of methoxy groups -OCH3 is 1. The molecule has 1 unspecified atom stereocenters. The first-order chi connectivity index (χ1) is 7.56. The highest BCUT2D eigenvalue weighted by Gasteiger charge is 2.47. The van der Waals surface area contributed by atoms with E-state index in [1.807, 2.05) is 0 Å². The molecule has 16 heavy (non-hydrogen) atoms. The number of rotatable bonds is 3. The van der Waals surface area contributed by atoms with Crippen molar-refractivity contribution in [1.82, 2.24) is 5.32 Å². The molecular formula is C11H17NO4. The summed E-state index contributed by atoms with van der Waals surface area (Å²) < 4.78 is 9.49. The normalized spacial score (nSPS) is 24.0. The Labute approximate surface area is 94.8 Å². The van der Waals surface area contributed by atoms with Crippen LogP contribution in [0.3, 0.4) is 0 Å². The van der Waals surface area contributed by atoms with E-state index in [1.54, 1.807) is 6.92 Å². The van der Waals surface area contributed by atoms with Gasteiger partial charge in [-0.2, -0.15) is 0 Å². The van der Waals surface area contributed by atoms with E-state index in [4.69, 9.17) is 9.47 Å². The molecule has 0 spiro atoms. The van der Waals surface area contributed by atoms with Gasteiger partial charge in [-0.25, -0.2) is 9.59 Å².